The average Bonchev–Trinajstić information content (AvgIpc) is 3.01. The maximum absolute atomic E-state index is 2.45. The van der Waals surface area contributed by atoms with Crippen LogP contribution in [0.5, 0.6) is 0 Å². The molecule has 1 heteroatoms. The molecule has 0 bridgehead atoms. The molecule has 0 amide bonds. The summed E-state index contributed by atoms with van der Waals surface area (Å²) in [6.45, 7) is 12.4. The molecule has 0 aliphatic carbocycles. The summed E-state index contributed by atoms with van der Waals surface area (Å²) < 4.78 is 2.45. The molecular formula is C27H31N. The third-order valence-electron chi connectivity index (χ3n) is 6.08. The molecule has 28 heavy (non-hydrogen) atoms. The zero-order valence-electron chi connectivity index (χ0n) is 17.7. The Balaban J connectivity index is 1.97. The molecule has 0 radical (unpaired) electrons. The van der Waals surface area contributed by atoms with Crippen LogP contribution in [0.3, 0.4) is 0 Å². The lowest BCUT2D eigenvalue weighted by Gasteiger charge is -2.22. The van der Waals surface area contributed by atoms with Crippen molar-refractivity contribution >= 4 is 21.8 Å². The van der Waals surface area contributed by atoms with Gasteiger partial charge in [0.25, 0.3) is 0 Å². The standard InChI is InChI=1S/C27H31N/c1-6-28-25-14-12-21(18(2)3)16-23(25)24-17-22(13-15-26(24)28)27(19(4)5)20-10-8-7-9-11-20/h7-19,27H,6H2,1-5H3. The maximum atomic E-state index is 2.45. The van der Waals surface area contributed by atoms with Crippen molar-refractivity contribution in [2.24, 2.45) is 5.92 Å². The van der Waals surface area contributed by atoms with Gasteiger partial charge in [0, 0.05) is 34.3 Å². The summed E-state index contributed by atoms with van der Waals surface area (Å²) in [5.74, 6) is 1.50. The van der Waals surface area contributed by atoms with Gasteiger partial charge in [0.1, 0.15) is 0 Å². The molecule has 4 rings (SSSR count). The van der Waals surface area contributed by atoms with Crippen LogP contribution in [0.1, 0.15) is 63.1 Å². The molecule has 1 aromatic heterocycles. The maximum Gasteiger partial charge on any atom is 0.0491 e. The smallest absolute Gasteiger partial charge is 0.0491 e. The molecule has 3 aromatic carbocycles. The highest BCUT2D eigenvalue weighted by atomic mass is 15.0. The second kappa shape index (κ2) is 7.47. The van der Waals surface area contributed by atoms with E-state index in [1.165, 1.54) is 38.5 Å². The normalized spacial score (nSPS) is 13.1. The van der Waals surface area contributed by atoms with Crippen LogP contribution >= 0.6 is 0 Å². The van der Waals surface area contributed by atoms with Gasteiger partial charge in [-0.2, -0.15) is 0 Å². The topological polar surface area (TPSA) is 4.93 Å². The van der Waals surface area contributed by atoms with Gasteiger partial charge in [0.15, 0.2) is 0 Å². The molecule has 1 atom stereocenters. The molecule has 144 valence electrons. The Morgan fingerprint density at radius 1 is 0.679 bits per heavy atom. The zero-order chi connectivity index (χ0) is 19.8. The first kappa shape index (κ1) is 18.8. The third-order valence-corrected chi connectivity index (χ3v) is 6.08. The fourth-order valence-corrected chi connectivity index (χ4v) is 4.66. The summed E-state index contributed by atoms with van der Waals surface area (Å²) in [6, 6.07) is 25.1. The van der Waals surface area contributed by atoms with Crippen LogP contribution < -0.4 is 0 Å². The molecule has 0 spiro atoms. The van der Waals surface area contributed by atoms with Gasteiger partial charge in [-0.25, -0.2) is 0 Å². The summed E-state index contributed by atoms with van der Waals surface area (Å²) in [7, 11) is 0. The molecular weight excluding hydrogens is 338 g/mol. The highest BCUT2D eigenvalue weighted by molar-refractivity contribution is 6.08. The van der Waals surface area contributed by atoms with Crippen molar-refractivity contribution < 1.29 is 0 Å². The van der Waals surface area contributed by atoms with E-state index >= 15 is 0 Å². The monoisotopic (exact) mass is 369 g/mol. The minimum atomic E-state index is 0.416. The van der Waals surface area contributed by atoms with Gasteiger partial charge in [-0.1, -0.05) is 70.2 Å². The summed E-state index contributed by atoms with van der Waals surface area (Å²) in [5, 5.41) is 2.78. The molecule has 0 saturated carbocycles. The predicted molar refractivity (Wildman–Crippen MR) is 122 cm³/mol. The number of aryl methyl sites for hydroxylation is 1. The highest BCUT2D eigenvalue weighted by Gasteiger charge is 2.20. The molecule has 0 saturated heterocycles. The second-order valence-corrected chi connectivity index (χ2v) is 8.58. The van der Waals surface area contributed by atoms with Crippen molar-refractivity contribution in [3.05, 3.63) is 83.4 Å². The van der Waals surface area contributed by atoms with Crippen molar-refractivity contribution in [1.29, 1.82) is 0 Å². The van der Waals surface area contributed by atoms with Crippen LogP contribution in [0, 0.1) is 5.92 Å². The van der Waals surface area contributed by atoms with Gasteiger partial charge < -0.3 is 4.57 Å². The van der Waals surface area contributed by atoms with Crippen LogP contribution in [0.25, 0.3) is 21.8 Å². The number of hydrogen-bond acceptors (Lipinski definition) is 0. The van der Waals surface area contributed by atoms with E-state index in [4.69, 9.17) is 0 Å². The second-order valence-electron chi connectivity index (χ2n) is 8.58. The fraction of sp³-hybridized carbons (Fsp3) is 0.333. The van der Waals surface area contributed by atoms with E-state index in [-0.39, 0.29) is 0 Å². The first-order chi connectivity index (χ1) is 13.5. The van der Waals surface area contributed by atoms with Gasteiger partial charge in [0.05, 0.1) is 0 Å². The minimum absolute atomic E-state index is 0.416. The lowest BCUT2D eigenvalue weighted by Crippen LogP contribution is -2.08. The van der Waals surface area contributed by atoms with Crippen molar-refractivity contribution in [1.82, 2.24) is 4.57 Å². The van der Waals surface area contributed by atoms with E-state index in [1.54, 1.807) is 0 Å². The van der Waals surface area contributed by atoms with Gasteiger partial charge in [0.2, 0.25) is 0 Å². The number of nitrogens with zero attached hydrogens (tertiary/aromatic N) is 1. The minimum Gasteiger partial charge on any atom is -0.341 e. The largest absolute Gasteiger partial charge is 0.341 e. The van der Waals surface area contributed by atoms with E-state index in [1.807, 2.05) is 0 Å². The van der Waals surface area contributed by atoms with Crippen LogP contribution in [0.4, 0.5) is 0 Å². The van der Waals surface area contributed by atoms with Crippen LogP contribution in [0.15, 0.2) is 66.7 Å². The Morgan fingerprint density at radius 3 is 1.79 bits per heavy atom. The average molecular weight is 370 g/mol. The molecule has 0 aliphatic heterocycles. The molecule has 0 aliphatic rings. The van der Waals surface area contributed by atoms with E-state index in [9.17, 15) is 0 Å². The number of hydrogen-bond donors (Lipinski definition) is 0. The van der Waals surface area contributed by atoms with Crippen molar-refractivity contribution in [2.75, 3.05) is 0 Å². The molecule has 1 unspecified atom stereocenters. The first-order valence-electron chi connectivity index (χ1n) is 10.6. The third kappa shape index (κ3) is 3.13. The lowest BCUT2D eigenvalue weighted by molar-refractivity contribution is 0.564. The van der Waals surface area contributed by atoms with Crippen LogP contribution in [-0.4, -0.2) is 4.57 Å². The zero-order valence-corrected chi connectivity index (χ0v) is 17.7. The van der Waals surface area contributed by atoms with Crippen molar-refractivity contribution in [3.8, 4) is 0 Å². The van der Waals surface area contributed by atoms with E-state index in [2.05, 4.69) is 106 Å². The summed E-state index contributed by atoms with van der Waals surface area (Å²) >= 11 is 0. The SMILES string of the molecule is CCn1c2ccc(C(C)C)cc2c2cc(C(c3ccccc3)C(C)C)ccc21. The molecule has 0 N–H and O–H groups in total. The molecule has 0 fully saturated rings. The van der Waals surface area contributed by atoms with E-state index < -0.39 is 0 Å². The number of aromatic nitrogens is 1. The quantitative estimate of drug-likeness (QED) is 0.339. The fourth-order valence-electron chi connectivity index (χ4n) is 4.66. The Hall–Kier alpha value is -2.54. The summed E-state index contributed by atoms with van der Waals surface area (Å²) in [5.41, 5.74) is 6.92. The highest BCUT2D eigenvalue weighted by Crippen LogP contribution is 2.37. The Bertz CT molecular complexity index is 1100. The van der Waals surface area contributed by atoms with E-state index in [0.717, 1.165) is 6.54 Å². The van der Waals surface area contributed by atoms with Gasteiger partial charge in [-0.05, 0) is 59.7 Å². The summed E-state index contributed by atoms with van der Waals surface area (Å²) in [4.78, 5) is 0. The lowest BCUT2D eigenvalue weighted by atomic mass is 9.82. The molecule has 1 heterocycles. The molecule has 4 aromatic rings. The summed E-state index contributed by atoms with van der Waals surface area (Å²) in [6.07, 6.45) is 0. The predicted octanol–water partition coefficient (Wildman–Crippen LogP) is 7.73. The number of fused-ring (bicyclic) bond motifs is 3. The van der Waals surface area contributed by atoms with E-state index in [0.29, 0.717) is 17.8 Å². The van der Waals surface area contributed by atoms with Gasteiger partial charge in [-0.15, -0.1) is 0 Å². The Kier molecular flexibility index (Phi) is 5.02. The number of rotatable bonds is 5. The molecule has 1 nitrogen and oxygen atoms in total. The number of benzene rings is 3. The van der Waals surface area contributed by atoms with Crippen molar-refractivity contribution in [3.63, 3.8) is 0 Å². The van der Waals surface area contributed by atoms with Gasteiger partial charge in [-0.3, -0.25) is 0 Å². The first-order valence-corrected chi connectivity index (χ1v) is 10.6. The van der Waals surface area contributed by atoms with Gasteiger partial charge >= 0.3 is 0 Å². The van der Waals surface area contributed by atoms with Crippen LogP contribution in [0.2, 0.25) is 0 Å². The van der Waals surface area contributed by atoms with Crippen molar-refractivity contribution in [2.45, 2.75) is 53.0 Å². The Labute approximate surface area is 169 Å². The Morgan fingerprint density at radius 2 is 1.25 bits per heavy atom. The van der Waals surface area contributed by atoms with Crippen LogP contribution in [-0.2, 0) is 6.54 Å².